The molecule has 0 amide bonds. The lowest BCUT2D eigenvalue weighted by molar-refractivity contribution is 0.0130. The van der Waals surface area contributed by atoms with E-state index >= 15 is 0 Å². The number of methoxy groups -OCH3 is 1. The van der Waals surface area contributed by atoms with Gasteiger partial charge in [0.2, 0.25) is 5.82 Å². The summed E-state index contributed by atoms with van der Waals surface area (Å²) in [7, 11) is 1.42. The van der Waals surface area contributed by atoms with Gasteiger partial charge in [-0.2, -0.15) is 4.39 Å². The van der Waals surface area contributed by atoms with E-state index in [9.17, 15) is 13.2 Å². The summed E-state index contributed by atoms with van der Waals surface area (Å²) >= 11 is 0. The highest BCUT2D eigenvalue weighted by Crippen LogP contribution is 2.37. The third-order valence-corrected chi connectivity index (χ3v) is 5.19. The van der Waals surface area contributed by atoms with Gasteiger partial charge in [-0.15, -0.1) is 0 Å². The molecule has 0 N–H and O–H groups in total. The van der Waals surface area contributed by atoms with Gasteiger partial charge in [0.05, 0.1) is 26.4 Å². The van der Waals surface area contributed by atoms with Crippen molar-refractivity contribution < 1.29 is 27.4 Å². The van der Waals surface area contributed by atoms with Crippen LogP contribution in [0.1, 0.15) is 49.7 Å². The molecule has 6 heteroatoms. The van der Waals surface area contributed by atoms with Crippen molar-refractivity contribution in [1.29, 1.82) is 0 Å². The van der Waals surface area contributed by atoms with Crippen LogP contribution in [0, 0.1) is 17.5 Å². The van der Waals surface area contributed by atoms with Crippen LogP contribution in [0.25, 0.3) is 0 Å². The smallest absolute Gasteiger partial charge is 0.200 e. The first-order chi connectivity index (χ1) is 13.5. The Bertz CT molecular complexity index is 802. The summed E-state index contributed by atoms with van der Waals surface area (Å²) in [6.45, 7) is 2.32. The van der Waals surface area contributed by atoms with E-state index in [4.69, 9.17) is 14.2 Å². The first kappa shape index (κ1) is 20.5. The summed E-state index contributed by atoms with van der Waals surface area (Å²) in [5.74, 6) is -2.03. The molecule has 2 aromatic rings. The topological polar surface area (TPSA) is 27.7 Å². The van der Waals surface area contributed by atoms with Crippen molar-refractivity contribution in [2.75, 3.05) is 13.7 Å². The van der Waals surface area contributed by atoms with Crippen LogP contribution in [0.15, 0.2) is 30.3 Å². The van der Waals surface area contributed by atoms with Crippen LogP contribution in [0.2, 0.25) is 0 Å². The number of halogens is 3. The minimum absolute atomic E-state index is 0.0250. The molecule has 1 aliphatic rings. The second kappa shape index (κ2) is 9.32. The van der Waals surface area contributed by atoms with E-state index in [1.54, 1.807) is 25.1 Å². The Balaban J connectivity index is 1.55. The number of benzene rings is 2. The Morgan fingerprint density at radius 3 is 2.29 bits per heavy atom. The van der Waals surface area contributed by atoms with Gasteiger partial charge in [0.1, 0.15) is 0 Å². The first-order valence-electron chi connectivity index (χ1n) is 9.58. The molecule has 28 heavy (non-hydrogen) atoms. The van der Waals surface area contributed by atoms with E-state index in [2.05, 4.69) is 0 Å². The molecule has 3 nitrogen and oxygen atoms in total. The highest BCUT2D eigenvalue weighted by atomic mass is 19.2. The Labute approximate surface area is 163 Å². The quantitative estimate of drug-likeness (QED) is 0.598. The van der Waals surface area contributed by atoms with Gasteiger partial charge in [-0.05, 0) is 67.9 Å². The van der Waals surface area contributed by atoms with E-state index in [1.165, 1.54) is 19.2 Å². The third kappa shape index (κ3) is 4.61. The van der Waals surface area contributed by atoms with Crippen molar-refractivity contribution in [2.45, 2.75) is 51.2 Å². The fourth-order valence-corrected chi connectivity index (χ4v) is 3.68. The maximum absolute atomic E-state index is 14.4. The molecule has 0 atom stereocenters. The molecule has 0 bridgehead atoms. The van der Waals surface area contributed by atoms with Crippen molar-refractivity contribution in [3.05, 3.63) is 58.9 Å². The Kier molecular flexibility index (Phi) is 6.83. The molecule has 1 fully saturated rings. The average Bonchev–Trinajstić information content (AvgIpc) is 2.71. The number of hydrogen-bond donors (Lipinski definition) is 0. The number of rotatable bonds is 7. The number of hydrogen-bond acceptors (Lipinski definition) is 3. The first-order valence-corrected chi connectivity index (χ1v) is 9.58. The van der Waals surface area contributed by atoms with Crippen molar-refractivity contribution in [3.8, 4) is 11.5 Å². The lowest BCUT2D eigenvalue weighted by Gasteiger charge is -2.29. The van der Waals surface area contributed by atoms with Gasteiger partial charge < -0.3 is 14.2 Å². The maximum Gasteiger partial charge on any atom is 0.200 e. The molecular weight excluding hydrogens is 369 g/mol. The monoisotopic (exact) mass is 394 g/mol. The highest BCUT2D eigenvalue weighted by Gasteiger charge is 2.27. The average molecular weight is 394 g/mol. The van der Waals surface area contributed by atoms with Crippen molar-refractivity contribution in [1.82, 2.24) is 0 Å². The van der Waals surface area contributed by atoms with Crippen LogP contribution in [0.3, 0.4) is 0 Å². The molecule has 0 aromatic heterocycles. The van der Waals surface area contributed by atoms with Gasteiger partial charge in [-0.1, -0.05) is 12.1 Å². The van der Waals surface area contributed by atoms with Crippen molar-refractivity contribution in [3.63, 3.8) is 0 Å². The summed E-state index contributed by atoms with van der Waals surface area (Å²) < 4.78 is 58.2. The van der Waals surface area contributed by atoms with Crippen LogP contribution < -0.4 is 9.47 Å². The third-order valence-electron chi connectivity index (χ3n) is 5.19. The second-order valence-electron chi connectivity index (χ2n) is 6.97. The molecule has 3 rings (SSSR count). The molecule has 0 radical (unpaired) electrons. The Morgan fingerprint density at radius 2 is 1.64 bits per heavy atom. The SMILES string of the molecule is CCOc1ccc(C2CCC(OCc3ccc(OC)c(F)c3)CC2)c(F)c1F. The lowest BCUT2D eigenvalue weighted by atomic mass is 9.82. The molecule has 0 heterocycles. The van der Waals surface area contributed by atoms with E-state index < -0.39 is 17.5 Å². The minimum Gasteiger partial charge on any atom is -0.494 e. The van der Waals surface area contributed by atoms with Crippen molar-refractivity contribution in [2.24, 2.45) is 0 Å². The van der Waals surface area contributed by atoms with E-state index in [1.807, 2.05) is 0 Å². The predicted molar refractivity (Wildman–Crippen MR) is 100 cm³/mol. The standard InChI is InChI=1S/C22H25F3O3/c1-3-27-20-11-9-17(21(24)22(20)25)15-5-7-16(8-6-15)28-13-14-4-10-19(26-2)18(23)12-14/h4,9-12,15-16H,3,5-8,13H2,1-2H3. The highest BCUT2D eigenvalue weighted by molar-refractivity contribution is 5.33. The van der Waals surface area contributed by atoms with E-state index in [0.29, 0.717) is 25.0 Å². The molecule has 0 saturated heterocycles. The zero-order chi connectivity index (χ0) is 20.1. The Morgan fingerprint density at radius 1 is 0.929 bits per heavy atom. The van der Waals surface area contributed by atoms with Gasteiger partial charge in [-0.25, -0.2) is 8.78 Å². The predicted octanol–water partition coefficient (Wildman–Crippen LogP) is 5.75. The molecular formula is C22H25F3O3. The van der Waals surface area contributed by atoms with Gasteiger partial charge in [-0.3, -0.25) is 0 Å². The van der Waals surface area contributed by atoms with Crippen LogP contribution >= 0.6 is 0 Å². The van der Waals surface area contributed by atoms with Crippen LogP contribution in [-0.2, 0) is 11.3 Å². The zero-order valence-corrected chi connectivity index (χ0v) is 16.1. The largest absolute Gasteiger partial charge is 0.494 e. The fourth-order valence-electron chi connectivity index (χ4n) is 3.68. The van der Waals surface area contributed by atoms with E-state index in [-0.39, 0.29) is 30.1 Å². The summed E-state index contributed by atoms with van der Waals surface area (Å²) in [4.78, 5) is 0. The second-order valence-corrected chi connectivity index (χ2v) is 6.97. The summed E-state index contributed by atoms with van der Waals surface area (Å²) in [6, 6.07) is 7.87. The fraction of sp³-hybridized carbons (Fsp3) is 0.455. The van der Waals surface area contributed by atoms with Gasteiger partial charge in [0.25, 0.3) is 0 Å². The van der Waals surface area contributed by atoms with E-state index in [0.717, 1.165) is 18.4 Å². The molecule has 0 spiro atoms. The summed E-state index contributed by atoms with van der Waals surface area (Å²) in [6.07, 6.45) is 2.95. The zero-order valence-electron chi connectivity index (χ0n) is 16.1. The molecule has 152 valence electrons. The summed E-state index contributed by atoms with van der Waals surface area (Å²) in [5.41, 5.74) is 1.14. The maximum atomic E-state index is 14.4. The lowest BCUT2D eigenvalue weighted by Crippen LogP contribution is -2.21. The van der Waals surface area contributed by atoms with Crippen LogP contribution in [0.4, 0.5) is 13.2 Å². The molecule has 0 aliphatic heterocycles. The molecule has 1 aliphatic carbocycles. The molecule has 2 aromatic carbocycles. The minimum atomic E-state index is -0.917. The molecule has 1 saturated carbocycles. The normalized spacial score (nSPS) is 19.5. The van der Waals surface area contributed by atoms with Gasteiger partial charge in [0, 0.05) is 0 Å². The van der Waals surface area contributed by atoms with Crippen LogP contribution in [-0.4, -0.2) is 19.8 Å². The van der Waals surface area contributed by atoms with Crippen LogP contribution in [0.5, 0.6) is 11.5 Å². The summed E-state index contributed by atoms with van der Waals surface area (Å²) in [5, 5.41) is 0. The molecule has 0 unspecified atom stereocenters. The van der Waals surface area contributed by atoms with Gasteiger partial charge in [0.15, 0.2) is 23.1 Å². The van der Waals surface area contributed by atoms with Gasteiger partial charge >= 0.3 is 0 Å². The van der Waals surface area contributed by atoms with Crippen molar-refractivity contribution >= 4 is 0 Å². The Hall–Kier alpha value is -2.21. The number of ether oxygens (including phenoxy) is 3.